The Morgan fingerprint density at radius 2 is 1.90 bits per heavy atom. The normalized spacial score (nSPS) is 28.1. The molecule has 1 rings (SSSR count). The molecule has 1 fully saturated rings. The van der Waals surface area contributed by atoms with E-state index in [1.54, 1.807) is 0 Å². The number of ether oxygens (including phenoxy) is 1. The second-order valence-corrected chi connectivity index (χ2v) is 6.18. The van der Waals surface area contributed by atoms with Crippen LogP contribution >= 0.6 is 0 Å². The smallest absolute Gasteiger partial charge is 0.326 e. The van der Waals surface area contributed by atoms with Crippen molar-refractivity contribution in [1.82, 2.24) is 15.1 Å². The van der Waals surface area contributed by atoms with Gasteiger partial charge in [-0.1, -0.05) is 0 Å². The van der Waals surface area contributed by atoms with Gasteiger partial charge in [0.1, 0.15) is 5.54 Å². The van der Waals surface area contributed by atoms with Crippen LogP contribution < -0.4 is 5.32 Å². The third-order valence-corrected chi connectivity index (χ3v) is 4.64. The molecule has 0 saturated carbocycles. The quantitative estimate of drug-likeness (QED) is 0.736. The third-order valence-electron chi connectivity index (χ3n) is 4.64. The van der Waals surface area contributed by atoms with Gasteiger partial charge < -0.3 is 15.0 Å². The van der Waals surface area contributed by atoms with Gasteiger partial charge in [-0.05, 0) is 48.2 Å². The summed E-state index contributed by atoms with van der Waals surface area (Å²) in [5.74, 6) is -0.155. The largest absolute Gasteiger partial charge is 0.465 e. The van der Waals surface area contributed by atoms with Crippen LogP contribution in [0.4, 0.5) is 0 Å². The standard InChI is InChI=1S/C15H31N3O2/c1-7-20-14(19)15(4,16-5)8-9-18-10-12(2)17(6)13(3)11-18/h12-13,16H,7-11H2,1-6H3. The molecule has 0 aromatic carbocycles. The van der Waals surface area contributed by atoms with Crippen LogP contribution in [-0.4, -0.2) is 73.7 Å². The predicted molar refractivity (Wildman–Crippen MR) is 81.8 cm³/mol. The lowest BCUT2D eigenvalue weighted by Gasteiger charge is -2.43. The van der Waals surface area contributed by atoms with Gasteiger partial charge >= 0.3 is 5.97 Å². The van der Waals surface area contributed by atoms with E-state index in [0.717, 1.165) is 26.1 Å². The number of nitrogens with one attached hydrogen (secondary N) is 1. The summed E-state index contributed by atoms with van der Waals surface area (Å²) < 4.78 is 5.17. The maximum Gasteiger partial charge on any atom is 0.326 e. The maximum absolute atomic E-state index is 12.0. The zero-order valence-electron chi connectivity index (χ0n) is 13.9. The molecular weight excluding hydrogens is 254 g/mol. The van der Waals surface area contributed by atoms with Crippen LogP contribution in [-0.2, 0) is 9.53 Å². The molecule has 1 saturated heterocycles. The minimum absolute atomic E-state index is 0.155. The van der Waals surface area contributed by atoms with Crippen molar-refractivity contribution in [3.63, 3.8) is 0 Å². The van der Waals surface area contributed by atoms with Crippen LogP contribution in [0.1, 0.15) is 34.1 Å². The van der Waals surface area contributed by atoms with E-state index in [2.05, 4.69) is 36.0 Å². The number of esters is 1. The Kier molecular flexibility index (Phi) is 6.43. The van der Waals surface area contributed by atoms with Gasteiger partial charge in [-0.3, -0.25) is 9.69 Å². The minimum atomic E-state index is -0.591. The fourth-order valence-electron chi connectivity index (χ4n) is 2.70. The zero-order valence-corrected chi connectivity index (χ0v) is 13.9. The highest BCUT2D eigenvalue weighted by Crippen LogP contribution is 2.17. The summed E-state index contributed by atoms with van der Waals surface area (Å²) in [5, 5.41) is 3.12. The highest BCUT2D eigenvalue weighted by molar-refractivity contribution is 5.80. The summed E-state index contributed by atoms with van der Waals surface area (Å²) in [7, 11) is 4.01. The van der Waals surface area contributed by atoms with Crippen LogP contribution in [0.3, 0.4) is 0 Å². The summed E-state index contributed by atoms with van der Waals surface area (Å²) in [4.78, 5) is 16.9. The number of piperazine rings is 1. The molecule has 3 unspecified atom stereocenters. The number of nitrogens with zero attached hydrogens (tertiary/aromatic N) is 2. The molecule has 118 valence electrons. The molecule has 0 radical (unpaired) electrons. The number of rotatable bonds is 6. The molecule has 0 aromatic heterocycles. The van der Waals surface area contributed by atoms with Gasteiger partial charge in [-0.25, -0.2) is 0 Å². The van der Waals surface area contributed by atoms with E-state index >= 15 is 0 Å². The van der Waals surface area contributed by atoms with Crippen molar-refractivity contribution in [2.24, 2.45) is 0 Å². The lowest BCUT2D eigenvalue weighted by atomic mass is 9.97. The lowest BCUT2D eigenvalue weighted by Crippen LogP contribution is -2.57. The first-order valence-corrected chi connectivity index (χ1v) is 7.64. The Morgan fingerprint density at radius 1 is 1.35 bits per heavy atom. The molecular formula is C15H31N3O2. The lowest BCUT2D eigenvalue weighted by molar-refractivity contribution is -0.150. The summed E-state index contributed by atoms with van der Waals surface area (Å²) >= 11 is 0. The van der Waals surface area contributed by atoms with Crippen LogP contribution in [0, 0.1) is 0 Å². The van der Waals surface area contributed by atoms with Crippen molar-refractivity contribution in [3.05, 3.63) is 0 Å². The Morgan fingerprint density at radius 3 is 2.35 bits per heavy atom. The average molecular weight is 285 g/mol. The van der Waals surface area contributed by atoms with Gasteiger partial charge in [-0.15, -0.1) is 0 Å². The van der Waals surface area contributed by atoms with Crippen molar-refractivity contribution < 1.29 is 9.53 Å². The number of carbonyl (C=O) groups excluding carboxylic acids is 1. The SMILES string of the molecule is CCOC(=O)C(C)(CCN1CC(C)N(C)C(C)C1)NC. The molecule has 0 bridgehead atoms. The van der Waals surface area contributed by atoms with E-state index < -0.39 is 5.54 Å². The van der Waals surface area contributed by atoms with Crippen molar-refractivity contribution in [3.8, 4) is 0 Å². The van der Waals surface area contributed by atoms with Crippen LogP contribution in [0.5, 0.6) is 0 Å². The van der Waals surface area contributed by atoms with Gasteiger partial charge in [0, 0.05) is 31.7 Å². The number of carbonyl (C=O) groups is 1. The average Bonchev–Trinajstić information content (AvgIpc) is 2.42. The summed E-state index contributed by atoms with van der Waals surface area (Å²) in [6.45, 7) is 11.7. The van der Waals surface area contributed by atoms with E-state index in [1.165, 1.54) is 0 Å². The first-order valence-electron chi connectivity index (χ1n) is 7.64. The van der Waals surface area contributed by atoms with E-state index in [9.17, 15) is 4.79 Å². The second-order valence-electron chi connectivity index (χ2n) is 6.18. The van der Waals surface area contributed by atoms with Gasteiger partial charge in [0.15, 0.2) is 0 Å². The molecule has 5 heteroatoms. The predicted octanol–water partition coefficient (Wildman–Crippen LogP) is 0.942. The summed E-state index contributed by atoms with van der Waals surface area (Å²) in [6, 6.07) is 1.12. The van der Waals surface area contributed by atoms with Crippen molar-refractivity contribution in [1.29, 1.82) is 0 Å². The first kappa shape index (κ1) is 17.4. The minimum Gasteiger partial charge on any atom is -0.465 e. The fourth-order valence-corrected chi connectivity index (χ4v) is 2.70. The molecule has 0 aromatic rings. The number of likely N-dealkylation sites (N-methyl/N-ethyl adjacent to an activating group) is 2. The summed E-state index contributed by atoms with van der Waals surface area (Å²) in [6.07, 6.45) is 0.769. The van der Waals surface area contributed by atoms with Gasteiger partial charge in [-0.2, -0.15) is 0 Å². The molecule has 1 N–H and O–H groups in total. The van der Waals surface area contributed by atoms with Gasteiger partial charge in [0.05, 0.1) is 6.61 Å². The van der Waals surface area contributed by atoms with Crippen molar-refractivity contribution in [2.45, 2.75) is 51.7 Å². The van der Waals surface area contributed by atoms with E-state index in [1.807, 2.05) is 20.9 Å². The van der Waals surface area contributed by atoms with Gasteiger partial charge in [0.2, 0.25) is 0 Å². The van der Waals surface area contributed by atoms with Crippen LogP contribution in [0.25, 0.3) is 0 Å². The molecule has 0 spiro atoms. The molecule has 0 amide bonds. The molecule has 20 heavy (non-hydrogen) atoms. The molecule has 1 aliphatic rings. The molecule has 1 heterocycles. The topological polar surface area (TPSA) is 44.8 Å². The maximum atomic E-state index is 12.0. The van der Waals surface area contributed by atoms with E-state index in [0.29, 0.717) is 18.7 Å². The van der Waals surface area contributed by atoms with Crippen molar-refractivity contribution >= 4 is 5.97 Å². The highest BCUT2D eigenvalue weighted by Gasteiger charge is 2.34. The molecule has 1 aliphatic heterocycles. The third kappa shape index (κ3) is 4.17. The Labute approximate surface area is 123 Å². The fraction of sp³-hybridized carbons (Fsp3) is 0.933. The highest BCUT2D eigenvalue weighted by atomic mass is 16.5. The zero-order chi connectivity index (χ0) is 15.3. The molecule has 0 aliphatic carbocycles. The first-order chi connectivity index (χ1) is 9.34. The Balaban J connectivity index is 2.54. The monoisotopic (exact) mass is 285 g/mol. The van der Waals surface area contributed by atoms with Gasteiger partial charge in [0.25, 0.3) is 0 Å². The van der Waals surface area contributed by atoms with Crippen LogP contribution in [0.15, 0.2) is 0 Å². The summed E-state index contributed by atoms with van der Waals surface area (Å²) in [5.41, 5.74) is -0.591. The Bertz CT molecular complexity index is 312. The Hall–Kier alpha value is -0.650. The van der Waals surface area contributed by atoms with Crippen molar-refractivity contribution in [2.75, 3.05) is 40.3 Å². The van der Waals surface area contributed by atoms with E-state index in [4.69, 9.17) is 4.74 Å². The van der Waals surface area contributed by atoms with E-state index in [-0.39, 0.29) is 5.97 Å². The molecule has 5 nitrogen and oxygen atoms in total. The number of hydrogen-bond donors (Lipinski definition) is 1. The number of hydrogen-bond acceptors (Lipinski definition) is 5. The molecule has 3 atom stereocenters. The second kappa shape index (κ2) is 7.38. The van der Waals surface area contributed by atoms with Crippen LogP contribution in [0.2, 0.25) is 0 Å².